The average Bonchev–Trinajstić information content (AvgIpc) is 3.46. The summed E-state index contributed by atoms with van der Waals surface area (Å²) in [6.07, 6.45) is 2.18. The minimum absolute atomic E-state index is 0.196. The van der Waals surface area contributed by atoms with Gasteiger partial charge in [-0.1, -0.05) is 44.5 Å². The lowest BCUT2D eigenvalue weighted by Crippen LogP contribution is -2.53. The number of carbonyl (C=O) groups is 3. The van der Waals surface area contributed by atoms with Crippen molar-refractivity contribution in [2.45, 2.75) is 89.7 Å². The van der Waals surface area contributed by atoms with E-state index < -0.39 is 36.2 Å². The summed E-state index contributed by atoms with van der Waals surface area (Å²) in [4.78, 5) is 37.3. The van der Waals surface area contributed by atoms with E-state index in [0.717, 1.165) is 28.5 Å². The van der Waals surface area contributed by atoms with Crippen LogP contribution in [-0.2, 0) is 20.9 Å². The van der Waals surface area contributed by atoms with Gasteiger partial charge < -0.3 is 35.6 Å². The van der Waals surface area contributed by atoms with Gasteiger partial charge in [0.1, 0.15) is 30.5 Å². The molecule has 1 fully saturated rings. The molecule has 0 aliphatic carbocycles. The first-order chi connectivity index (χ1) is 20.1. The first-order valence-corrected chi connectivity index (χ1v) is 14.9. The van der Waals surface area contributed by atoms with Crippen LogP contribution in [0.1, 0.15) is 58.4 Å². The van der Waals surface area contributed by atoms with Crippen LogP contribution in [0.15, 0.2) is 36.4 Å². The van der Waals surface area contributed by atoms with Gasteiger partial charge >= 0.3 is 11.9 Å². The molecular weight excluding hydrogens is 540 g/mol. The van der Waals surface area contributed by atoms with Crippen molar-refractivity contribution in [1.82, 2.24) is 20.9 Å². The van der Waals surface area contributed by atoms with Crippen molar-refractivity contribution in [3.05, 3.63) is 42.0 Å². The Bertz CT molecular complexity index is 1190. The number of ether oxygens (including phenoxy) is 1. The minimum Gasteiger partial charge on any atom is -0.490 e. The maximum absolute atomic E-state index is 12.8. The van der Waals surface area contributed by atoms with E-state index in [0.29, 0.717) is 51.9 Å². The summed E-state index contributed by atoms with van der Waals surface area (Å²) in [6, 6.07) is 9.80. The molecule has 2 aromatic carbocycles. The highest BCUT2D eigenvalue weighted by Gasteiger charge is 2.36. The highest BCUT2D eigenvalue weighted by Crippen LogP contribution is 2.27. The molecule has 6 N–H and O–H groups in total. The summed E-state index contributed by atoms with van der Waals surface area (Å²) < 4.78 is 5.94. The fraction of sp³-hybridized carbons (Fsp3) is 0.581. The molecule has 232 valence electrons. The molecule has 11 nitrogen and oxygen atoms in total. The van der Waals surface area contributed by atoms with Gasteiger partial charge in [-0.25, -0.2) is 4.79 Å². The fourth-order valence-corrected chi connectivity index (χ4v) is 5.16. The maximum Gasteiger partial charge on any atom is 0.326 e. The Morgan fingerprint density at radius 3 is 2.60 bits per heavy atom. The first kappa shape index (κ1) is 33.3. The Morgan fingerprint density at radius 1 is 1.10 bits per heavy atom. The third-order valence-corrected chi connectivity index (χ3v) is 7.47. The number of aliphatic carboxylic acids is 2. The van der Waals surface area contributed by atoms with Gasteiger partial charge in [-0.15, -0.1) is 0 Å². The SMILES string of the molecule is CC(C)NCC(O)COc1cccc2ccc(CNCCCCC(NC(C)C(=O)N3CCCC3C(=O)O)C(=O)O)cc12. The molecule has 0 bridgehead atoms. The summed E-state index contributed by atoms with van der Waals surface area (Å²) >= 11 is 0. The predicted molar refractivity (Wildman–Crippen MR) is 161 cm³/mol. The fourth-order valence-electron chi connectivity index (χ4n) is 5.16. The van der Waals surface area contributed by atoms with Gasteiger partial charge in [-0.3, -0.25) is 14.9 Å². The van der Waals surface area contributed by atoms with Crippen LogP contribution in [0.4, 0.5) is 0 Å². The number of carbonyl (C=O) groups excluding carboxylic acids is 1. The molecule has 0 spiro atoms. The number of aliphatic hydroxyl groups is 1. The van der Waals surface area contributed by atoms with E-state index in [9.17, 15) is 29.7 Å². The molecule has 4 unspecified atom stereocenters. The van der Waals surface area contributed by atoms with Gasteiger partial charge in [0.15, 0.2) is 0 Å². The van der Waals surface area contributed by atoms with Crippen molar-refractivity contribution in [3.63, 3.8) is 0 Å². The number of hydrogen-bond donors (Lipinski definition) is 6. The van der Waals surface area contributed by atoms with Crippen LogP contribution in [-0.4, -0.2) is 94.6 Å². The highest BCUT2D eigenvalue weighted by atomic mass is 16.5. The molecule has 3 rings (SSSR count). The smallest absolute Gasteiger partial charge is 0.326 e. The van der Waals surface area contributed by atoms with Gasteiger partial charge in [-0.05, 0) is 62.2 Å². The number of nitrogens with zero attached hydrogens (tertiary/aromatic N) is 1. The number of nitrogens with one attached hydrogen (secondary N) is 3. The predicted octanol–water partition coefficient (Wildman–Crippen LogP) is 2.34. The van der Waals surface area contributed by atoms with Gasteiger partial charge in [0, 0.05) is 31.1 Å². The second kappa shape index (κ2) is 16.4. The Morgan fingerprint density at radius 2 is 1.88 bits per heavy atom. The highest BCUT2D eigenvalue weighted by molar-refractivity contribution is 5.89. The van der Waals surface area contributed by atoms with Crippen molar-refractivity contribution in [2.75, 3.05) is 26.2 Å². The van der Waals surface area contributed by atoms with Gasteiger partial charge in [0.05, 0.1) is 6.04 Å². The van der Waals surface area contributed by atoms with E-state index >= 15 is 0 Å². The molecule has 1 heterocycles. The van der Waals surface area contributed by atoms with Crippen LogP contribution in [0.2, 0.25) is 0 Å². The molecule has 4 atom stereocenters. The number of aliphatic hydroxyl groups excluding tert-OH is 1. The van der Waals surface area contributed by atoms with Crippen molar-refractivity contribution < 1.29 is 34.4 Å². The Hall–Kier alpha value is -3.25. The number of rotatable bonds is 18. The molecule has 1 saturated heterocycles. The van der Waals surface area contributed by atoms with E-state index in [4.69, 9.17) is 4.74 Å². The summed E-state index contributed by atoms with van der Waals surface area (Å²) in [5, 5.41) is 40.7. The summed E-state index contributed by atoms with van der Waals surface area (Å²) in [6.45, 7) is 8.00. The Kier molecular flexibility index (Phi) is 13.0. The van der Waals surface area contributed by atoms with Crippen LogP contribution >= 0.6 is 0 Å². The van der Waals surface area contributed by atoms with E-state index in [1.807, 2.05) is 38.1 Å². The molecule has 0 saturated carbocycles. The van der Waals surface area contributed by atoms with Crippen molar-refractivity contribution >= 4 is 28.6 Å². The third-order valence-electron chi connectivity index (χ3n) is 7.47. The lowest BCUT2D eigenvalue weighted by molar-refractivity contribution is -0.149. The van der Waals surface area contributed by atoms with Crippen LogP contribution < -0.4 is 20.7 Å². The lowest BCUT2D eigenvalue weighted by atomic mass is 10.1. The van der Waals surface area contributed by atoms with Crippen molar-refractivity contribution in [2.24, 2.45) is 0 Å². The van der Waals surface area contributed by atoms with Crippen LogP contribution in [0.25, 0.3) is 10.8 Å². The molecule has 2 aromatic rings. The quantitative estimate of drug-likeness (QED) is 0.143. The first-order valence-electron chi connectivity index (χ1n) is 14.9. The number of hydrogen-bond acceptors (Lipinski definition) is 8. The maximum atomic E-state index is 12.8. The number of likely N-dealkylation sites (tertiary alicyclic amines) is 1. The molecule has 1 aliphatic rings. The largest absolute Gasteiger partial charge is 0.490 e. The van der Waals surface area contributed by atoms with Crippen molar-refractivity contribution in [3.8, 4) is 5.75 Å². The molecular formula is C31H46N4O7. The normalized spacial score (nSPS) is 17.4. The number of unbranched alkanes of at least 4 members (excludes halogenated alkanes) is 1. The van der Waals surface area contributed by atoms with Crippen LogP contribution in [0.3, 0.4) is 0 Å². The monoisotopic (exact) mass is 586 g/mol. The average molecular weight is 587 g/mol. The molecule has 1 aliphatic heterocycles. The second-order valence-corrected chi connectivity index (χ2v) is 11.3. The molecule has 0 radical (unpaired) electrons. The molecule has 42 heavy (non-hydrogen) atoms. The second-order valence-electron chi connectivity index (χ2n) is 11.3. The number of carboxylic acid groups (broad SMARTS) is 2. The van der Waals surface area contributed by atoms with Gasteiger partial charge in [-0.2, -0.15) is 0 Å². The van der Waals surface area contributed by atoms with Crippen LogP contribution in [0.5, 0.6) is 5.75 Å². The zero-order valence-electron chi connectivity index (χ0n) is 24.8. The van der Waals surface area contributed by atoms with Gasteiger partial charge in [0.2, 0.25) is 5.91 Å². The Balaban J connectivity index is 1.43. The topological polar surface area (TPSA) is 160 Å². The zero-order valence-corrected chi connectivity index (χ0v) is 24.8. The number of amides is 1. The minimum atomic E-state index is -1.03. The van der Waals surface area contributed by atoms with E-state index in [2.05, 4.69) is 28.1 Å². The Labute approximate surface area is 247 Å². The third kappa shape index (κ3) is 9.94. The summed E-state index contributed by atoms with van der Waals surface area (Å²) in [5.41, 5.74) is 1.08. The summed E-state index contributed by atoms with van der Waals surface area (Å²) in [7, 11) is 0. The van der Waals surface area contributed by atoms with E-state index in [1.54, 1.807) is 6.92 Å². The van der Waals surface area contributed by atoms with E-state index in [1.165, 1.54) is 4.90 Å². The molecule has 1 amide bonds. The number of benzene rings is 2. The zero-order chi connectivity index (χ0) is 30.6. The standard InChI is InChI=1S/C31H46N4O7/c1-20(2)33-18-24(36)19-42-28-11-6-8-23-13-12-22(16-25(23)28)17-32-14-5-4-9-26(30(38)39)34-21(3)29(37)35-15-7-10-27(35)31(40)41/h6,8,11-13,16,20-21,24,26-27,32-34,36H,4-5,7,9-10,14-15,17-19H2,1-3H3,(H,38,39)(H,40,41). The number of fused-ring (bicyclic) bond motifs is 1. The molecule has 0 aromatic heterocycles. The van der Waals surface area contributed by atoms with Crippen molar-refractivity contribution in [1.29, 1.82) is 0 Å². The van der Waals surface area contributed by atoms with Gasteiger partial charge in [0.25, 0.3) is 0 Å². The lowest BCUT2D eigenvalue weighted by Gasteiger charge is -2.27. The summed E-state index contributed by atoms with van der Waals surface area (Å²) in [5.74, 6) is -1.72. The van der Waals surface area contributed by atoms with Crippen LogP contribution in [0, 0.1) is 0 Å². The number of carboxylic acids is 2. The van der Waals surface area contributed by atoms with E-state index in [-0.39, 0.29) is 18.6 Å². The molecule has 11 heteroatoms.